The van der Waals surface area contributed by atoms with E-state index in [4.69, 9.17) is 0 Å². The highest BCUT2D eigenvalue weighted by Crippen LogP contribution is 2.15. The highest BCUT2D eigenvalue weighted by Gasteiger charge is 2.26. The van der Waals surface area contributed by atoms with E-state index in [1.165, 1.54) is 5.56 Å². The fourth-order valence-corrected chi connectivity index (χ4v) is 3.37. The molecule has 0 aromatic heterocycles. The number of amides is 2. The zero-order chi connectivity index (χ0) is 21.6. The molecule has 1 unspecified atom stereocenters. The molecule has 0 aliphatic heterocycles. The van der Waals surface area contributed by atoms with E-state index < -0.39 is 6.04 Å². The lowest BCUT2D eigenvalue weighted by atomic mass is 10.0. The van der Waals surface area contributed by atoms with Crippen molar-refractivity contribution in [2.75, 3.05) is 6.54 Å². The number of aryl methyl sites for hydroxylation is 3. The Kier molecular flexibility index (Phi) is 8.00. The highest BCUT2D eigenvalue weighted by atomic mass is 16.2. The first-order chi connectivity index (χ1) is 13.7. The Morgan fingerprint density at radius 3 is 2.00 bits per heavy atom. The van der Waals surface area contributed by atoms with Crippen LogP contribution in [0.5, 0.6) is 0 Å². The van der Waals surface area contributed by atoms with Crippen molar-refractivity contribution >= 4 is 11.8 Å². The van der Waals surface area contributed by atoms with Crippen LogP contribution in [0.4, 0.5) is 0 Å². The Balaban J connectivity index is 2.23. The van der Waals surface area contributed by atoms with E-state index in [0.717, 1.165) is 22.3 Å². The van der Waals surface area contributed by atoms with Gasteiger partial charge in [-0.3, -0.25) is 9.59 Å². The summed E-state index contributed by atoms with van der Waals surface area (Å²) >= 11 is 0. The number of hydrogen-bond donors (Lipinski definition) is 1. The molecule has 0 radical (unpaired) electrons. The first-order valence-corrected chi connectivity index (χ1v) is 10.4. The molecule has 156 valence electrons. The molecule has 4 heteroatoms. The van der Waals surface area contributed by atoms with E-state index in [1.807, 2.05) is 64.1 Å². The SMILES string of the molecule is Cc1ccc(CN(C(=O)Cc2cc(C)cc(C)c2)C(C)C(=O)NCC(C)C)cc1. The maximum atomic E-state index is 13.2. The van der Waals surface area contributed by atoms with Crippen molar-refractivity contribution in [1.29, 1.82) is 0 Å². The number of nitrogens with one attached hydrogen (secondary N) is 1. The van der Waals surface area contributed by atoms with Gasteiger partial charge in [-0.1, -0.05) is 73.0 Å². The number of carbonyl (C=O) groups excluding carboxylic acids is 2. The van der Waals surface area contributed by atoms with Crippen molar-refractivity contribution in [3.05, 3.63) is 70.3 Å². The van der Waals surface area contributed by atoms with Crippen LogP contribution in [0.1, 0.15) is 48.6 Å². The molecular weight excluding hydrogens is 360 g/mol. The number of carbonyl (C=O) groups is 2. The van der Waals surface area contributed by atoms with Gasteiger partial charge in [-0.05, 0) is 44.7 Å². The second-order valence-corrected chi connectivity index (χ2v) is 8.49. The predicted molar refractivity (Wildman–Crippen MR) is 119 cm³/mol. The van der Waals surface area contributed by atoms with Crippen molar-refractivity contribution < 1.29 is 9.59 Å². The minimum Gasteiger partial charge on any atom is -0.354 e. The molecule has 0 saturated heterocycles. The summed E-state index contributed by atoms with van der Waals surface area (Å²) in [5.41, 5.74) is 5.45. The summed E-state index contributed by atoms with van der Waals surface area (Å²) in [5.74, 6) is 0.213. The van der Waals surface area contributed by atoms with Crippen LogP contribution in [-0.4, -0.2) is 29.3 Å². The van der Waals surface area contributed by atoms with Crippen LogP contribution >= 0.6 is 0 Å². The third-order valence-corrected chi connectivity index (χ3v) is 4.96. The zero-order valence-electron chi connectivity index (χ0n) is 18.6. The second-order valence-electron chi connectivity index (χ2n) is 8.49. The van der Waals surface area contributed by atoms with Gasteiger partial charge >= 0.3 is 0 Å². The molecule has 4 nitrogen and oxygen atoms in total. The van der Waals surface area contributed by atoms with Crippen LogP contribution in [-0.2, 0) is 22.6 Å². The molecular formula is C25H34N2O2. The maximum absolute atomic E-state index is 13.2. The smallest absolute Gasteiger partial charge is 0.242 e. The van der Waals surface area contributed by atoms with Gasteiger partial charge in [0.05, 0.1) is 6.42 Å². The van der Waals surface area contributed by atoms with Crippen molar-refractivity contribution in [2.24, 2.45) is 5.92 Å². The summed E-state index contributed by atoms with van der Waals surface area (Å²) in [6.45, 7) is 13.0. The molecule has 1 N–H and O–H groups in total. The molecule has 2 amide bonds. The van der Waals surface area contributed by atoms with Crippen LogP contribution in [0.25, 0.3) is 0 Å². The average molecular weight is 395 g/mol. The second kappa shape index (κ2) is 10.2. The number of rotatable bonds is 8. The van der Waals surface area contributed by atoms with Crippen LogP contribution in [0, 0.1) is 26.7 Å². The van der Waals surface area contributed by atoms with Crippen LogP contribution in [0.3, 0.4) is 0 Å². The molecule has 29 heavy (non-hydrogen) atoms. The Labute approximate surface area is 175 Å². The lowest BCUT2D eigenvalue weighted by molar-refractivity contribution is -0.140. The molecule has 0 bridgehead atoms. The minimum atomic E-state index is -0.534. The third kappa shape index (κ3) is 7.04. The maximum Gasteiger partial charge on any atom is 0.242 e. The quantitative estimate of drug-likeness (QED) is 0.724. The summed E-state index contributed by atoms with van der Waals surface area (Å²) in [6, 6.07) is 13.7. The third-order valence-electron chi connectivity index (χ3n) is 4.96. The van der Waals surface area contributed by atoms with Gasteiger partial charge in [0.1, 0.15) is 6.04 Å². The van der Waals surface area contributed by atoms with E-state index in [1.54, 1.807) is 4.90 Å². The van der Waals surface area contributed by atoms with Crippen LogP contribution in [0.2, 0.25) is 0 Å². The van der Waals surface area contributed by atoms with Crippen LogP contribution < -0.4 is 5.32 Å². The normalized spacial score (nSPS) is 12.0. The predicted octanol–water partition coefficient (Wildman–Crippen LogP) is 4.34. The van der Waals surface area contributed by atoms with E-state index in [9.17, 15) is 9.59 Å². The number of nitrogens with zero attached hydrogens (tertiary/aromatic N) is 1. The van der Waals surface area contributed by atoms with Gasteiger partial charge in [0.15, 0.2) is 0 Å². The minimum absolute atomic E-state index is 0.0391. The Morgan fingerprint density at radius 2 is 1.45 bits per heavy atom. The van der Waals surface area contributed by atoms with Gasteiger partial charge < -0.3 is 10.2 Å². The van der Waals surface area contributed by atoms with Crippen molar-refractivity contribution in [1.82, 2.24) is 10.2 Å². The first-order valence-electron chi connectivity index (χ1n) is 10.4. The topological polar surface area (TPSA) is 49.4 Å². The molecule has 0 heterocycles. The number of benzene rings is 2. The zero-order valence-corrected chi connectivity index (χ0v) is 18.6. The molecule has 2 aromatic rings. The van der Waals surface area contributed by atoms with Crippen molar-refractivity contribution in [3.8, 4) is 0 Å². The molecule has 2 rings (SSSR count). The van der Waals surface area contributed by atoms with Gasteiger partial charge in [-0.15, -0.1) is 0 Å². The summed E-state index contributed by atoms with van der Waals surface area (Å²) in [5, 5.41) is 2.96. The summed E-state index contributed by atoms with van der Waals surface area (Å²) in [6.07, 6.45) is 0.288. The molecule has 0 aliphatic carbocycles. The summed E-state index contributed by atoms with van der Waals surface area (Å²) in [4.78, 5) is 27.6. The van der Waals surface area contributed by atoms with Crippen molar-refractivity contribution in [3.63, 3.8) is 0 Å². The van der Waals surface area contributed by atoms with E-state index in [-0.39, 0.29) is 18.2 Å². The van der Waals surface area contributed by atoms with Crippen molar-refractivity contribution in [2.45, 2.75) is 60.5 Å². The van der Waals surface area contributed by atoms with Gasteiger partial charge in [-0.25, -0.2) is 0 Å². The fraction of sp³-hybridized carbons (Fsp3) is 0.440. The largest absolute Gasteiger partial charge is 0.354 e. The molecule has 1 atom stereocenters. The van der Waals surface area contributed by atoms with E-state index >= 15 is 0 Å². The Bertz CT molecular complexity index is 820. The van der Waals surface area contributed by atoms with Gasteiger partial charge in [0.25, 0.3) is 0 Å². The fourth-order valence-electron chi connectivity index (χ4n) is 3.37. The molecule has 0 saturated carbocycles. The van der Waals surface area contributed by atoms with E-state index in [2.05, 4.69) is 25.2 Å². The summed E-state index contributed by atoms with van der Waals surface area (Å²) in [7, 11) is 0. The van der Waals surface area contributed by atoms with Crippen LogP contribution in [0.15, 0.2) is 42.5 Å². The molecule has 0 aliphatic rings. The average Bonchev–Trinajstić information content (AvgIpc) is 2.64. The molecule has 0 spiro atoms. The Morgan fingerprint density at radius 1 is 0.862 bits per heavy atom. The monoisotopic (exact) mass is 394 g/mol. The highest BCUT2D eigenvalue weighted by molar-refractivity contribution is 5.88. The molecule has 2 aromatic carbocycles. The lowest BCUT2D eigenvalue weighted by Gasteiger charge is -2.29. The number of hydrogen-bond acceptors (Lipinski definition) is 2. The summed E-state index contributed by atoms with van der Waals surface area (Å²) < 4.78 is 0. The van der Waals surface area contributed by atoms with E-state index in [0.29, 0.717) is 19.0 Å². The Hall–Kier alpha value is -2.62. The first kappa shape index (κ1) is 22.7. The molecule has 0 fully saturated rings. The lowest BCUT2D eigenvalue weighted by Crippen LogP contribution is -2.48. The van der Waals surface area contributed by atoms with Gasteiger partial charge in [0.2, 0.25) is 11.8 Å². The van der Waals surface area contributed by atoms with Gasteiger partial charge in [-0.2, -0.15) is 0 Å². The van der Waals surface area contributed by atoms with Gasteiger partial charge in [0, 0.05) is 13.1 Å². The standard InChI is InChI=1S/C25H34N2O2/c1-17(2)15-26-25(29)21(6)27(16-22-9-7-18(3)8-10-22)24(28)14-23-12-19(4)11-20(5)13-23/h7-13,17,21H,14-16H2,1-6H3,(H,26,29).